The van der Waals surface area contributed by atoms with Crippen LogP contribution in [-0.2, 0) is 0 Å². The summed E-state index contributed by atoms with van der Waals surface area (Å²) in [5, 5.41) is 3.55. The zero-order valence-electron chi connectivity index (χ0n) is 17.6. The number of unbranched alkanes of at least 4 members (excludes halogenated alkanes) is 12. The van der Waals surface area contributed by atoms with E-state index < -0.39 is 0 Å². The van der Waals surface area contributed by atoms with Crippen LogP contribution in [-0.4, -0.2) is 44.0 Å². The largest absolute Gasteiger partial charge is 0.360 e. The molecule has 3 nitrogen and oxygen atoms in total. The summed E-state index contributed by atoms with van der Waals surface area (Å²) in [5.74, 6) is 0. The van der Waals surface area contributed by atoms with Gasteiger partial charge in [0.1, 0.15) is 0 Å². The molecule has 0 bridgehead atoms. The van der Waals surface area contributed by atoms with Crippen molar-refractivity contribution in [2.24, 2.45) is 4.99 Å². The van der Waals surface area contributed by atoms with Crippen molar-refractivity contribution in [1.82, 2.24) is 10.2 Å². The quantitative estimate of drug-likeness (QED) is 0.226. The number of allylic oxidation sites excluding steroid dienone is 2. The Kier molecular flexibility index (Phi) is 16.9. The van der Waals surface area contributed by atoms with Crippen LogP contribution in [0.2, 0.25) is 0 Å². The molecule has 0 aromatic carbocycles. The summed E-state index contributed by atoms with van der Waals surface area (Å²) >= 11 is 0. The highest BCUT2D eigenvalue weighted by Gasteiger charge is 2.03. The summed E-state index contributed by atoms with van der Waals surface area (Å²) in [6, 6.07) is 0. The van der Waals surface area contributed by atoms with Crippen molar-refractivity contribution in [2.45, 2.75) is 96.8 Å². The van der Waals surface area contributed by atoms with Gasteiger partial charge in [0.25, 0.3) is 0 Å². The van der Waals surface area contributed by atoms with Gasteiger partial charge in [-0.05, 0) is 38.6 Å². The smallest absolute Gasteiger partial charge is 0.0851 e. The summed E-state index contributed by atoms with van der Waals surface area (Å²) in [4.78, 5) is 6.54. The van der Waals surface area contributed by atoms with Gasteiger partial charge in [0.15, 0.2) is 0 Å². The minimum Gasteiger partial charge on any atom is -0.360 e. The van der Waals surface area contributed by atoms with Gasteiger partial charge < -0.3 is 10.2 Å². The van der Waals surface area contributed by atoms with E-state index in [1.165, 1.54) is 96.4 Å². The SMILES string of the molecule is CCCCCCCC/C=C\CCCCCCCCNCCN1C=NCC1. The molecular weight excluding hydrogens is 318 g/mol. The molecule has 0 aromatic heterocycles. The Morgan fingerprint density at radius 2 is 1.42 bits per heavy atom. The maximum absolute atomic E-state index is 4.23. The van der Waals surface area contributed by atoms with Crippen LogP contribution in [0, 0.1) is 0 Å². The Morgan fingerprint density at radius 3 is 2.04 bits per heavy atom. The molecule has 0 amide bonds. The van der Waals surface area contributed by atoms with Crippen LogP contribution >= 0.6 is 0 Å². The third-order valence-corrected chi connectivity index (χ3v) is 5.20. The predicted molar refractivity (Wildman–Crippen MR) is 117 cm³/mol. The minimum atomic E-state index is 0.981. The fourth-order valence-electron chi connectivity index (χ4n) is 3.43. The lowest BCUT2D eigenvalue weighted by Gasteiger charge is -2.13. The van der Waals surface area contributed by atoms with Gasteiger partial charge in [-0.3, -0.25) is 4.99 Å². The summed E-state index contributed by atoms with van der Waals surface area (Å²) in [7, 11) is 0. The molecule has 0 radical (unpaired) electrons. The van der Waals surface area contributed by atoms with Crippen LogP contribution < -0.4 is 5.32 Å². The van der Waals surface area contributed by atoms with Gasteiger partial charge >= 0.3 is 0 Å². The van der Waals surface area contributed by atoms with Gasteiger partial charge in [-0.15, -0.1) is 0 Å². The highest BCUT2D eigenvalue weighted by Crippen LogP contribution is 2.09. The minimum absolute atomic E-state index is 0.981. The van der Waals surface area contributed by atoms with Gasteiger partial charge in [0, 0.05) is 19.6 Å². The first kappa shape index (κ1) is 23.2. The fraction of sp³-hybridized carbons (Fsp3) is 0.870. The van der Waals surface area contributed by atoms with Crippen LogP contribution in [0.1, 0.15) is 96.8 Å². The van der Waals surface area contributed by atoms with Crippen molar-refractivity contribution in [3.8, 4) is 0 Å². The Morgan fingerprint density at radius 1 is 0.808 bits per heavy atom. The molecule has 0 saturated carbocycles. The number of aliphatic imine (C=N–C) groups is 1. The number of rotatable bonds is 19. The Hall–Kier alpha value is -0.830. The van der Waals surface area contributed by atoms with Crippen molar-refractivity contribution >= 4 is 6.34 Å². The molecule has 1 aliphatic rings. The first-order valence-corrected chi connectivity index (χ1v) is 11.5. The normalized spacial score (nSPS) is 14.1. The first-order valence-electron chi connectivity index (χ1n) is 11.5. The Labute approximate surface area is 163 Å². The van der Waals surface area contributed by atoms with E-state index >= 15 is 0 Å². The molecule has 3 heteroatoms. The molecule has 0 unspecified atom stereocenters. The molecule has 0 spiro atoms. The highest BCUT2D eigenvalue weighted by molar-refractivity contribution is 5.56. The van der Waals surface area contributed by atoms with Crippen LogP contribution in [0.15, 0.2) is 17.1 Å². The van der Waals surface area contributed by atoms with E-state index in [0.29, 0.717) is 0 Å². The molecule has 1 rings (SSSR count). The van der Waals surface area contributed by atoms with Crippen molar-refractivity contribution in [3.05, 3.63) is 12.2 Å². The van der Waals surface area contributed by atoms with Crippen LogP contribution in [0.3, 0.4) is 0 Å². The second-order valence-electron chi connectivity index (χ2n) is 7.75. The van der Waals surface area contributed by atoms with Crippen molar-refractivity contribution < 1.29 is 0 Å². The molecule has 1 aliphatic heterocycles. The molecule has 0 aliphatic carbocycles. The number of hydrogen-bond donors (Lipinski definition) is 1. The Balaban J connectivity index is 1.67. The molecule has 26 heavy (non-hydrogen) atoms. The van der Waals surface area contributed by atoms with Gasteiger partial charge in [-0.2, -0.15) is 0 Å². The lowest BCUT2D eigenvalue weighted by atomic mass is 10.1. The zero-order valence-corrected chi connectivity index (χ0v) is 17.6. The molecule has 1 heterocycles. The first-order chi connectivity index (χ1) is 12.9. The third-order valence-electron chi connectivity index (χ3n) is 5.20. The molecule has 0 aromatic rings. The van der Waals surface area contributed by atoms with Gasteiger partial charge in [0.2, 0.25) is 0 Å². The standard InChI is InChI=1S/C23H45N3/c1-2-3-4-5-6-7-8-9-10-11-12-13-14-15-16-17-18-24-19-21-26-22-20-25-23-26/h9-10,23-24H,2-8,11-22H2,1H3/b10-9-. The van der Waals surface area contributed by atoms with Gasteiger partial charge in [-0.1, -0.05) is 76.9 Å². The van der Waals surface area contributed by atoms with E-state index in [1.54, 1.807) is 0 Å². The molecule has 0 saturated heterocycles. The van der Waals surface area contributed by atoms with Crippen molar-refractivity contribution in [1.29, 1.82) is 0 Å². The topological polar surface area (TPSA) is 27.6 Å². The Bertz CT molecular complexity index is 338. The molecular formula is C23H45N3. The lowest BCUT2D eigenvalue weighted by Crippen LogP contribution is -2.30. The average molecular weight is 364 g/mol. The number of hydrogen-bond acceptors (Lipinski definition) is 3. The van der Waals surface area contributed by atoms with Gasteiger partial charge in [0.05, 0.1) is 12.9 Å². The highest BCUT2D eigenvalue weighted by atomic mass is 15.2. The summed E-state index contributed by atoms with van der Waals surface area (Å²) in [6.45, 7) is 7.75. The third kappa shape index (κ3) is 15.4. The number of nitrogens with one attached hydrogen (secondary N) is 1. The second-order valence-corrected chi connectivity index (χ2v) is 7.75. The molecule has 152 valence electrons. The van der Waals surface area contributed by atoms with Crippen molar-refractivity contribution in [3.63, 3.8) is 0 Å². The second kappa shape index (κ2) is 18.9. The zero-order chi connectivity index (χ0) is 18.5. The maximum Gasteiger partial charge on any atom is 0.0851 e. The molecule has 0 atom stereocenters. The monoisotopic (exact) mass is 363 g/mol. The van der Waals surface area contributed by atoms with Crippen molar-refractivity contribution in [2.75, 3.05) is 32.7 Å². The molecule has 1 N–H and O–H groups in total. The van der Waals surface area contributed by atoms with E-state index in [-0.39, 0.29) is 0 Å². The summed E-state index contributed by atoms with van der Waals surface area (Å²) < 4.78 is 0. The summed E-state index contributed by atoms with van der Waals surface area (Å²) in [6.07, 6.45) is 26.2. The van der Waals surface area contributed by atoms with E-state index in [2.05, 4.69) is 34.3 Å². The van der Waals surface area contributed by atoms with E-state index in [4.69, 9.17) is 0 Å². The maximum atomic E-state index is 4.23. The predicted octanol–water partition coefficient (Wildman–Crippen LogP) is 5.96. The van der Waals surface area contributed by atoms with Crippen LogP contribution in [0.5, 0.6) is 0 Å². The average Bonchev–Trinajstić information content (AvgIpc) is 3.17. The van der Waals surface area contributed by atoms with Gasteiger partial charge in [-0.25, -0.2) is 0 Å². The van der Waals surface area contributed by atoms with E-state index in [0.717, 1.165) is 26.2 Å². The van der Waals surface area contributed by atoms with Crippen LogP contribution in [0.25, 0.3) is 0 Å². The number of nitrogens with zero attached hydrogens (tertiary/aromatic N) is 2. The molecule has 0 fully saturated rings. The fourth-order valence-corrected chi connectivity index (χ4v) is 3.43. The van der Waals surface area contributed by atoms with Crippen LogP contribution in [0.4, 0.5) is 0 Å². The van der Waals surface area contributed by atoms with E-state index in [9.17, 15) is 0 Å². The van der Waals surface area contributed by atoms with E-state index in [1.807, 2.05) is 6.34 Å². The summed E-state index contributed by atoms with van der Waals surface area (Å²) in [5.41, 5.74) is 0. The lowest BCUT2D eigenvalue weighted by molar-refractivity contribution is 0.448.